The fourth-order valence-corrected chi connectivity index (χ4v) is 4.05. The minimum Gasteiger partial charge on any atom is -0.497 e. The normalized spacial score (nSPS) is 11.2. The van der Waals surface area contributed by atoms with Gasteiger partial charge in [-0.05, 0) is 31.3 Å². The van der Waals surface area contributed by atoms with Crippen molar-refractivity contribution in [1.29, 1.82) is 0 Å². The van der Waals surface area contributed by atoms with Gasteiger partial charge in [0.25, 0.3) is 0 Å². The highest BCUT2D eigenvalue weighted by Gasteiger charge is 2.15. The standard InChI is InChI=1S/C24H28N5O4Si/c1-31-20-9-19(10-21(12-20)32-2)29(7-8-33-34(3)4)18-5-6-22-23(11-18)27-24(13-25-22)28-14-17(15-30)26-16-28/h5-6,9-14,16,30H,7-8,15H2,1-4H3. The summed E-state index contributed by atoms with van der Waals surface area (Å²) >= 11 is 0. The first-order valence-electron chi connectivity index (χ1n) is 10.8. The van der Waals surface area contributed by atoms with Gasteiger partial charge in [-0.2, -0.15) is 0 Å². The molecule has 10 heteroatoms. The van der Waals surface area contributed by atoms with Crippen LogP contribution in [0.5, 0.6) is 11.5 Å². The molecule has 0 saturated carbocycles. The molecule has 34 heavy (non-hydrogen) atoms. The molecule has 0 spiro atoms. The lowest BCUT2D eigenvalue weighted by Gasteiger charge is -2.26. The summed E-state index contributed by atoms with van der Waals surface area (Å²) in [6, 6.07) is 11.8. The summed E-state index contributed by atoms with van der Waals surface area (Å²) in [4.78, 5) is 15.7. The van der Waals surface area contributed by atoms with E-state index in [1.54, 1.807) is 37.5 Å². The Balaban J connectivity index is 1.75. The van der Waals surface area contributed by atoms with E-state index in [-0.39, 0.29) is 6.61 Å². The number of methoxy groups -OCH3 is 2. The fraction of sp³-hybridized carbons (Fsp3) is 0.292. The number of aromatic nitrogens is 4. The molecular formula is C24H28N5O4Si. The van der Waals surface area contributed by atoms with Gasteiger partial charge in [-0.25, -0.2) is 9.97 Å². The van der Waals surface area contributed by atoms with Crippen molar-refractivity contribution in [2.24, 2.45) is 0 Å². The van der Waals surface area contributed by atoms with E-state index in [2.05, 4.69) is 28.0 Å². The van der Waals surface area contributed by atoms with Crippen LogP contribution in [-0.2, 0) is 11.0 Å². The van der Waals surface area contributed by atoms with Crippen LogP contribution >= 0.6 is 0 Å². The molecule has 0 amide bonds. The van der Waals surface area contributed by atoms with Crippen molar-refractivity contribution >= 4 is 31.4 Å². The van der Waals surface area contributed by atoms with Crippen LogP contribution in [0.25, 0.3) is 16.9 Å². The highest BCUT2D eigenvalue weighted by atomic mass is 28.3. The van der Waals surface area contributed by atoms with Crippen molar-refractivity contribution in [3.05, 3.63) is 60.8 Å². The maximum atomic E-state index is 9.31. The first kappa shape index (κ1) is 23.7. The molecule has 177 valence electrons. The molecule has 2 aromatic carbocycles. The van der Waals surface area contributed by atoms with E-state index in [0.29, 0.717) is 36.2 Å². The van der Waals surface area contributed by atoms with Crippen LogP contribution in [-0.4, -0.2) is 61.0 Å². The van der Waals surface area contributed by atoms with Crippen molar-refractivity contribution in [2.75, 3.05) is 32.3 Å². The first-order chi connectivity index (χ1) is 16.5. The van der Waals surface area contributed by atoms with Gasteiger partial charge in [0.05, 0.1) is 50.4 Å². The van der Waals surface area contributed by atoms with Gasteiger partial charge >= 0.3 is 0 Å². The van der Waals surface area contributed by atoms with Gasteiger partial charge in [0.2, 0.25) is 9.04 Å². The summed E-state index contributed by atoms with van der Waals surface area (Å²) in [6.07, 6.45) is 5.04. The van der Waals surface area contributed by atoms with E-state index in [9.17, 15) is 5.11 Å². The Labute approximate surface area is 200 Å². The molecule has 1 radical (unpaired) electrons. The molecule has 0 bridgehead atoms. The van der Waals surface area contributed by atoms with Gasteiger partial charge in [0, 0.05) is 42.3 Å². The van der Waals surface area contributed by atoms with Gasteiger partial charge in [-0.1, -0.05) is 0 Å². The van der Waals surface area contributed by atoms with E-state index in [4.69, 9.17) is 18.9 Å². The Morgan fingerprint density at radius 3 is 2.38 bits per heavy atom. The number of ether oxygens (including phenoxy) is 2. The molecule has 0 aliphatic heterocycles. The average Bonchev–Trinajstić information content (AvgIpc) is 3.35. The van der Waals surface area contributed by atoms with Crippen LogP contribution < -0.4 is 14.4 Å². The van der Waals surface area contributed by atoms with Crippen LogP contribution in [0.3, 0.4) is 0 Å². The van der Waals surface area contributed by atoms with E-state index < -0.39 is 9.04 Å². The SMILES string of the molecule is COc1cc(OC)cc(N(CCO[Si](C)C)c2ccc3ncc(-n4cnc(CO)c4)nc3c2)c1. The van der Waals surface area contributed by atoms with Crippen molar-refractivity contribution in [3.63, 3.8) is 0 Å². The summed E-state index contributed by atoms with van der Waals surface area (Å²) in [6.45, 7) is 5.34. The first-order valence-corrected chi connectivity index (χ1v) is 13.3. The number of hydrogen-bond acceptors (Lipinski definition) is 8. The van der Waals surface area contributed by atoms with Crippen LogP contribution in [0.1, 0.15) is 5.69 Å². The molecule has 0 aliphatic rings. The van der Waals surface area contributed by atoms with Crippen molar-refractivity contribution in [2.45, 2.75) is 19.7 Å². The third kappa shape index (κ3) is 5.36. The van der Waals surface area contributed by atoms with Gasteiger partial charge < -0.3 is 23.9 Å². The molecule has 0 aliphatic carbocycles. The molecule has 2 aromatic heterocycles. The van der Waals surface area contributed by atoms with E-state index in [1.165, 1.54) is 0 Å². The molecule has 0 atom stereocenters. The van der Waals surface area contributed by atoms with Gasteiger partial charge in [0.15, 0.2) is 5.82 Å². The highest BCUT2D eigenvalue weighted by Crippen LogP contribution is 2.33. The molecular weight excluding hydrogens is 450 g/mol. The van der Waals surface area contributed by atoms with Crippen molar-refractivity contribution < 1.29 is 19.0 Å². The zero-order chi connectivity index (χ0) is 24.1. The maximum absolute atomic E-state index is 9.31. The Hall–Kier alpha value is -3.47. The van der Waals surface area contributed by atoms with Gasteiger partial charge in [-0.15, -0.1) is 0 Å². The van der Waals surface area contributed by atoms with Crippen LogP contribution in [0, 0.1) is 0 Å². The maximum Gasteiger partial charge on any atom is 0.204 e. The van der Waals surface area contributed by atoms with Crippen LogP contribution in [0.15, 0.2) is 55.1 Å². The molecule has 0 fully saturated rings. The molecule has 4 aromatic rings. The van der Waals surface area contributed by atoms with E-state index in [0.717, 1.165) is 22.4 Å². The van der Waals surface area contributed by atoms with Crippen LogP contribution in [0.2, 0.25) is 13.1 Å². The topological polar surface area (TPSA) is 94.8 Å². The molecule has 0 unspecified atom stereocenters. The summed E-state index contributed by atoms with van der Waals surface area (Å²) in [5.41, 5.74) is 3.96. The number of benzene rings is 2. The molecule has 2 heterocycles. The molecule has 9 nitrogen and oxygen atoms in total. The number of hydrogen-bond donors (Lipinski definition) is 1. The minimum atomic E-state index is -0.814. The zero-order valence-electron chi connectivity index (χ0n) is 19.7. The average molecular weight is 479 g/mol. The predicted octanol–water partition coefficient (Wildman–Crippen LogP) is 3.73. The Bertz CT molecular complexity index is 1240. The summed E-state index contributed by atoms with van der Waals surface area (Å²) in [5.74, 6) is 2.04. The molecule has 1 N–H and O–H groups in total. The third-order valence-electron chi connectivity index (χ3n) is 5.24. The van der Waals surface area contributed by atoms with E-state index in [1.807, 2.05) is 36.4 Å². The second-order valence-electron chi connectivity index (χ2n) is 7.81. The predicted molar refractivity (Wildman–Crippen MR) is 133 cm³/mol. The number of aliphatic hydroxyl groups is 1. The Kier molecular flexibility index (Phi) is 7.41. The quantitative estimate of drug-likeness (QED) is 0.345. The van der Waals surface area contributed by atoms with E-state index >= 15 is 0 Å². The summed E-state index contributed by atoms with van der Waals surface area (Å²) in [7, 11) is 2.46. The smallest absolute Gasteiger partial charge is 0.204 e. The molecule has 0 saturated heterocycles. The minimum absolute atomic E-state index is 0.127. The number of rotatable bonds is 10. The largest absolute Gasteiger partial charge is 0.497 e. The number of anilines is 2. The van der Waals surface area contributed by atoms with Gasteiger partial charge in [0.1, 0.15) is 17.8 Å². The molecule has 4 rings (SSSR count). The lowest BCUT2D eigenvalue weighted by molar-refractivity contribution is 0.277. The van der Waals surface area contributed by atoms with Crippen LogP contribution in [0.4, 0.5) is 11.4 Å². The highest BCUT2D eigenvalue weighted by molar-refractivity contribution is 6.48. The summed E-state index contributed by atoms with van der Waals surface area (Å²) in [5, 5.41) is 9.31. The Morgan fingerprint density at radius 2 is 1.74 bits per heavy atom. The fourth-order valence-electron chi connectivity index (χ4n) is 3.55. The van der Waals surface area contributed by atoms with Gasteiger partial charge in [-0.3, -0.25) is 9.55 Å². The third-order valence-corrected chi connectivity index (χ3v) is 6.02. The Morgan fingerprint density at radius 1 is 0.971 bits per heavy atom. The van der Waals surface area contributed by atoms with Crippen molar-refractivity contribution in [3.8, 4) is 17.3 Å². The lowest BCUT2D eigenvalue weighted by Crippen LogP contribution is -2.24. The lowest BCUT2D eigenvalue weighted by atomic mass is 10.2. The zero-order valence-corrected chi connectivity index (χ0v) is 20.7. The monoisotopic (exact) mass is 478 g/mol. The number of nitrogens with zero attached hydrogens (tertiary/aromatic N) is 5. The summed E-state index contributed by atoms with van der Waals surface area (Å²) < 4.78 is 18.7. The number of imidazole rings is 1. The van der Waals surface area contributed by atoms with Crippen molar-refractivity contribution in [1.82, 2.24) is 19.5 Å². The number of aliphatic hydroxyl groups excluding tert-OH is 1. The second-order valence-corrected chi connectivity index (χ2v) is 9.92. The number of fused-ring (bicyclic) bond motifs is 1. The second kappa shape index (κ2) is 10.6.